The van der Waals surface area contributed by atoms with Crippen molar-refractivity contribution < 1.29 is 0 Å². The van der Waals surface area contributed by atoms with Crippen LogP contribution in [0, 0.1) is 0 Å². The largest absolute Gasteiger partial charge is 0.0906 e. The van der Waals surface area contributed by atoms with Gasteiger partial charge in [-0.05, 0) is 74.0 Å². The van der Waals surface area contributed by atoms with E-state index in [4.69, 9.17) is 0 Å². The van der Waals surface area contributed by atoms with E-state index in [1.165, 1.54) is 44.5 Å². The van der Waals surface area contributed by atoms with Crippen LogP contribution < -0.4 is 0 Å². The van der Waals surface area contributed by atoms with Crippen molar-refractivity contribution >= 4 is 5.57 Å². The van der Waals surface area contributed by atoms with Crippen molar-refractivity contribution in [2.24, 2.45) is 0 Å². The summed E-state index contributed by atoms with van der Waals surface area (Å²) < 4.78 is 0. The Morgan fingerprint density at radius 3 is 0.925 bits per heavy atom. The molecule has 0 nitrogen and oxygen atoms in total. The van der Waals surface area contributed by atoms with Gasteiger partial charge in [-0.3, -0.25) is 0 Å². The molecule has 0 unspecified atom stereocenters. The van der Waals surface area contributed by atoms with Gasteiger partial charge in [0.2, 0.25) is 0 Å². The fourth-order valence-corrected chi connectivity index (χ4v) is 5.19. The zero-order valence-corrected chi connectivity index (χ0v) is 22.6. The maximum atomic E-state index is 4.40. The lowest BCUT2D eigenvalue weighted by molar-refractivity contribution is 1.19. The molecule has 0 heteroatoms. The fraction of sp³-hybridized carbons (Fsp3) is 0.0500. The van der Waals surface area contributed by atoms with Gasteiger partial charge >= 0.3 is 0 Å². The Kier molecular flexibility index (Phi) is 7.51. The molecule has 0 aromatic heterocycles. The van der Waals surface area contributed by atoms with Crippen molar-refractivity contribution in [1.29, 1.82) is 0 Å². The second-order valence-corrected chi connectivity index (χ2v) is 10.4. The highest BCUT2D eigenvalue weighted by Crippen LogP contribution is 2.28. The topological polar surface area (TPSA) is 0 Å². The summed E-state index contributed by atoms with van der Waals surface area (Å²) in [5.41, 5.74) is 13.5. The smallest absolute Gasteiger partial charge is 0.00258 e. The Morgan fingerprint density at radius 2 is 0.600 bits per heavy atom. The Labute approximate surface area is 237 Å². The van der Waals surface area contributed by atoms with E-state index < -0.39 is 0 Å². The number of benzene rings is 6. The van der Waals surface area contributed by atoms with E-state index in [9.17, 15) is 0 Å². The normalized spacial score (nSPS) is 10.8. The van der Waals surface area contributed by atoms with Gasteiger partial charge in [-0.2, -0.15) is 0 Å². The van der Waals surface area contributed by atoms with Gasteiger partial charge in [0.15, 0.2) is 0 Å². The molecule has 0 spiro atoms. The third kappa shape index (κ3) is 6.03. The first kappa shape index (κ1) is 25.3. The fourth-order valence-electron chi connectivity index (χ4n) is 5.19. The molecule has 0 saturated heterocycles. The molecular formula is C40H32. The molecule has 0 radical (unpaired) electrons. The van der Waals surface area contributed by atoms with Crippen LogP contribution in [0.25, 0.3) is 27.8 Å². The van der Waals surface area contributed by atoms with E-state index in [2.05, 4.69) is 164 Å². The van der Waals surface area contributed by atoms with E-state index >= 15 is 0 Å². The molecule has 0 fully saturated rings. The second-order valence-electron chi connectivity index (χ2n) is 10.4. The van der Waals surface area contributed by atoms with Gasteiger partial charge in [-0.25, -0.2) is 0 Å². The highest BCUT2D eigenvalue weighted by molar-refractivity contribution is 5.80. The number of hydrogen-bond donors (Lipinski definition) is 0. The van der Waals surface area contributed by atoms with Gasteiger partial charge < -0.3 is 0 Å². The van der Waals surface area contributed by atoms with Crippen LogP contribution in [-0.2, 0) is 12.8 Å². The van der Waals surface area contributed by atoms with Crippen LogP contribution in [0.4, 0.5) is 0 Å². The summed E-state index contributed by atoms with van der Waals surface area (Å²) in [5.74, 6) is 0. The molecule has 6 aromatic carbocycles. The second kappa shape index (κ2) is 11.8. The first-order chi connectivity index (χ1) is 19.7. The van der Waals surface area contributed by atoms with Crippen LogP contribution in [0.1, 0.15) is 33.4 Å². The minimum Gasteiger partial charge on any atom is -0.0906 e. The zero-order valence-electron chi connectivity index (χ0n) is 22.6. The molecule has 6 aromatic rings. The molecule has 0 aliphatic heterocycles. The third-order valence-corrected chi connectivity index (χ3v) is 7.54. The van der Waals surface area contributed by atoms with Crippen LogP contribution in [0.2, 0.25) is 0 Å². The highest BCUT2D eigenvalue weighted by Gasteiger charge is 2.06. The summed E-state index contributed by atoms with van der Waals surface area (Å²) in [6.45, 7) is 4.40. The van der Waals surface area contributed by atoms with Gasteiger partial charge in [0.05, 0.1) is 0 Å². The minimum atomic E-state index is 0.957. The quantitative estimate of drug-likeness (QED) is 0.190. The van der Waals surface area contributed by atoms with Crippen LogP contribution in [0.15, 0.2) is 164 Å². The van der Waals surface area contributed by atoms with Gasteiger partial charge in [0, 0.05) is 0 Å². The first-order valence-corrected chi connectivity index (χ1v) is 13.9. The molecule has 0 saturated carbocycles. The summed E-state index contributed by atoms with van der Waals surface area (Å²) >= 11 is 0. The summed E-state index contributed by atoms with van der Waals surface area (Å²) in [7, 11) is 0. The third-order valence-electron chi connectivity index (χ3n) is 7.54. The van der Waals surface area contributed by atoms with Gasteiger partial charge in [-0.1, -0.05) is 164 Å². The monoisotopic (exact) mass is 512 g/mol. The van der Waals surface area contributed by atoms with Gasteiger partial charge in [-0.15, -0.1) is 0 Å². The van der Waals surface area contributed by atoms with Crippen molar-refractivity contribution in [2.45, 2.75) is 12.8 Å². The molecule has 0 bridgehead atoms. The van der Waals surface area contributed by atoms with Crippen LogP contribution in [0.3, 0.4) is 0 Å². The lowest BCUT2D eigenvalue weighted by Crippen LogP contribution is -1.89. The number of rotatable bonds is 8. The molecule has 0 aliphatic carbocycles. The van der Waals surface area contributed by atoms with E-state index in [1.54, 1.807) is 0 Å². The molecule has 0 amide bonds. The van der Waals surface area contributed by atoms with E-state index in [-0.39, 0.29) is 0 Å². The van der Waals surface area contributed by atoms with Crippen LogP contribution in [0.5, 0.6) is 0 Å². The lowest BCUT2D eigenvalue weighted by atomic mass is 9.94. The Balaban J connectivity index is 1.10. The van der Waals surface area contributed by atoms with Crippen molar-refractivity contribution in [2.75, 3.05) is 0 Å². The average Bonchev–Trinajstić information content (AvgIpc) is 3.03. The molecule has 0 N–H and O–H groups in total. The summed E-state index contributed by atoms with van der Waals surface area (Å²) in [5, 5.41) is 0. The summed E-state index contributed by atoms with van der Waals surface area (Å²) in [6.07, 6.45) is 1.91. The van der Waals surface area contributed by atoms with E-state index in [0.29, 0.717) is 0 Å². The first-order valence-electron chi connectivity index (χ1n) is 13.9. The SMILES string of the molecule is C=C(c1ccc(-c2ccc(Cc3ccccc3)cc2)cc1)c1ccc(-c2ccc(Cc3ccccc3)cc2)cc1. The molecular weight excluding hydrogens is 480 g/mol. The molecule has 192 valence electrons. The molecule has 0 atom stereocenters. The van der Waals surface area contributed by atoms with Crippen molar-refractivity contribution in [1.82, 2.24) is 0 Å². The number of hydrogen-bond acceptors (Lipinski definition) is 0. The van der Waals surface area contributed by atoms with Crippen molar-refractivity contribution in [3.05, 3.63) is 198 Å². The standard InChI is InChI=1S/C40H32/c1-30(35-20-24-39(25-21-35)37-16-12-33(13-17-37)28-31-8-4-2-5-9-31)36-22-26-40(27-23-36)38-18-14-34(15-19-38)29-32-10-6-3-7-11-32/h2-27H,1,28-29H2. The summed E-state index contributed by atoms with van der Waals surface area (Å²) in [6, 6.07) is 56.5. The Hall–Kier alpha value is -4.94. The van der Waals surface area contributed by atoms with Crippen molar-refractivity contribution in [3.8, 4) is 22.3 Å². The lowest BCUT2D eigenvalue weighted by Gasteiger charge is -2.10. The molecule has 0 aliphatic rings. The zero-order chi connectivity index (χ0) is 27.1. The molecule has 0 heterocycles. The van der Waals surface area contributed by atoms with Crippen LogP contribution in [-0.4, -0.2) is 0 Å². The van der Waals surface area contributed by atoms with E-state index in [1.807, 2.05) is 0 Å². The highest BCUT2D eigenvalue weighted by atomic mass is 14.1. The summed E-state index contributed by atoms with van der Waals surface area (Å²) in [4.78, 5) is 0. The molecule has 40 heavy (non-hydrogen) atoms. The predicted octanol–water partition coefficient (Wildman–Crippen LogP) is 10.3. The minimum absolute atomic E-state index is 0.957. The molecule has 6 rings (SSSR count). The average molecular weight is 513 g/mol. The van der Waals surface area contributed by atoms with Gasteiger partial charge in [0.1, 0.15) is 0 Å². The maximum Gasteiger partial charge on any atom is -0.00258 e. The van der Waals surface area contributed by atoms with Gasteiger partial charge in [0.25, 0.3) is 0 Å². The maximum absolute atomic E-state index is 4.40. The Bertz CT molecular complexity index is 1540. The van der Waals surface area contributed by atoms with Crippen LogP contribution >= 0.6 is 0 Å². The van der Waals surface area contributed by atoms with E-state index in [0.717, 1.165) is 29.5 Å². The Morgan fingerprint density at radius 1 is 0.325 bits per heavy atom. The predicted molar refractivity (Wildman–Crippen MR) is 170 cm³/mol. The van der Waals surface area contributed by atoms with Crippen molar-refractivity contribution in [3.63, 3.8) is 0 Å².